The Hall–Kier alpha value is -1.63. The molecule has 1 saturated carbocycles. The van der Waals surface area contributed by atoms with E-state index in [4.69, 9.17) is 4.74 Å². The number of hydrogen-bond donors (Lipinski definition) is 2. The summed E-state index contributed by atoms with van der Waals surface area (Å²) in [7, 11) is 2.19. The zero-order chi connectivity index (χ0) is 19.3. The molecule has 3 aliphatic rings. The van der Waals surface area contributed by atoms with Crippen LogP contribution in [0.15, 0.2) is 24.3 Å². The number of likely N-dealkylation sites (N-methyl/N-ethyl adjacent to an activating group) is 1. The average molecular weight is 387 g/mol. The molecule has 154 valence electrons. The van der Waals surface area contributed by atoms with Gasteiger partial charge in [0.1, 0.15) is 5.75 Å². The average Bonchev–Trinajstić information content (AvgIpc) is 3.38. The summed E-state index contributed by atoms with van der Waals surface area (Å²) in [5, 5.41) is 0. The highest BCUT2D eigenvalue weighted by Crippen LogP contribution is 2.30. The Bertz CT molecular complexity index is 644. The third-order valence-electron chi connectivity index (χ3n) is 6.50. The zero-order valence-corrected chi connectivity index (χ0v) is 17.0. The first-order valence-electron chi connectivity index (χ1n) is 10.9. The lowest BCUT2D eigenvalue weighted by Crippen LogP contribution is -2.41. The molecule has 6 heteroatoms. The third-order valence-corrected chi connectivity index (χ3v) is 6.50. The lowest BCUT2D eigenvalue weighted by atomic mass is 9.81. The van der Waals surface area contributed by atoms with Crippen molar-refractivity contribution in [3.8, 4) is 5.75 Å². The second kappa shape index (κ2) is 9.25. The molecule has 28 heavy (non-hydrogen) atoms. The van der Waals surface area contributed by atoms with Crippen LogP contribution in [0.5, 0.6) is 5.75 Å². The van der Waals surface area contributed by atoms with Crippen molar-refractivity contribution in [2.24, 2.45) is 5.92 Å². The number of nitrogens with one attached hydrogen (secondary N) is 2. The minimum absolute atomic E-state index is 0.0972. The Morgan fingerprint density at radius 3 is 2.64 bits per heavy atom. The van der Waals surface area contributed by atoms with Gasteiger partial charge < -0.3 is 14.5 Å². The molecule has 0 radical (unpaired) electrons. The lowest BCUT2D eigenvalue weighted by Gasteiger charge is -2.29. The van der Waals surface area contributed by atoms with Gasteiger partial charge in [0, 0.05) is 38.3 Å². The number of carbonyl (C=O) groups excluding carboxylic acids is 1. The Kier molecular flexibility index (Phi) is 6.50. The van der Waals surface area contributed by atoms with Crippen LogP contribution in [-0.2, 0) is 11.3 Å². The number of hydrogen-bond acceptors (Lipinski definition) is 5. The van der Waals surface area contributed by atoms with Crippen molar-refractivity contribution in [1.29, 1.82) is 0 Å². The van der Waals surface area contributed by atoms with E-state index in [0.717, 1.165) is 50.7 Å². The van der Waals surface area contributed by atoms with E-state index in [-0.39, 0.29) is 12.5 Å². The molecule has 0 bridgehead atoms. The number of amides is 1. The molecule has 1 aromatic rings. The molecule has 0 spiro atoms. The normalized spacial score (nSPS) is 27.2. The Morgan fingerprint density at radius 2 is 1.86 bits per heavy atom. The first-order chi connectivity index (χ1) is 13.7. The van der Waals surface area contributed by atoms with Crippen LogP contribution < -0.4 is 15.6 Å². The van der Waals surface area contributed by atoms with Crippen molar-refractivity contribution >= 4 is 5.91 Å². The molecule has 2 saturated heterocycles. The molecule has 1 aromatic carbocycles. The van der Waals surface area contributed by atoms with Gasteiger partial charge in [-0.3, -0.25) is 15.6 Å². The summed E-state index contributed by atoms with van der Waals surface area (Å²) in [5.41, 5.74) is 8.30. The zero-order valence-electron chi connectivity index (χ0n) is 17.0. The molecule has 3 fully saturated rings. The Labute approximate surface area is 168 Å². The van der Waals surface area contributed by atoms with Crippen LogP contribution in [0.25, 0.3) is 0 Å². The number of fused-ring (bicyclic) bond motifs is 1. The molecule has 3 unspecified atom stereocenters. The van der Waals surface area contributed by atoms with Crippen LogP contribution >= 0.6 is 0 Å². The maximum absolute atomic E-state index is 12.1. The largest absolute Gasteiger partial charge is 0.484 e. The quantitative estimate of drug-likeness (QED) is 0.752. The van der Waals surface area contributed by atoms with E-state index in [0.29, 0.717) is 12.1 Å². The van der Waals surface area contributed by atoms with Crippen LogP contribution in [-0.4, -0.2) is 61.1 Å². The van der Waals surface area contributed by atoms with Gasteiger partial charge in [-0.15, -0.1) is 0 Å². The fourth-order valence-electron chi connectivity index (χ4n) is 4.93. The predicted octanol–water partition coefficient (Wildman–Crippen LogP) is 2.15. The summed E-state index contributed by atoms with van der Waals surface area (Å²) in [6.07, 6.45) is 7.59. The van der Waals surface area contributed by atoms with Crippen LogP contribution in [0.2, 0.25) is 0 Å². The van der Waals surface area contributed by atoms with Gasteiger partial charge >= 0.3 is 0 Å². The van der Waals surface area contributed by atoms with Gasteiger partial charge in [-0.05, 0) is 56.3 Å². The second-order valence-electron chi connectivity index (χ2n) is 8.67. The number of nitrogens with zero attached hydrogens (tertiary/aromatic N) is 2. The molecule has 1 amide bonds. The number of ether oxygens (including phenoxy) is 1. The maximum atomic E-state index is 12.1. The van der Waals surface area contributed by atoms with Crippen LogP contribution in [0.3, 0.4) is 0 Å². The van der Waals surface area contributed by atoms with Crippen molar-refractivity contribution in [2.75, 3.05) is 33.3 Å². The second-order valence-corrected chi connectivity index (χ2v) is 8.67. The van der Waals surface area contributed by atoms with Gasteiger partial charge in [0.05, 0.1) is 0 Å². The van der Waals surface area contributed by atoms with Crippen molar-refractivity contribution < 1.29 is 9.53 Å². The van der Waals surface area contributed by atoms with E-state index in [1.54, 1.807) is 0 Å². The SMILES string of the molecule is CN(Cc1ccc(OCC(=O)N2CCCC2)cc1)CC1NNC2CCCCC21. The number of likely N-dealkylation sites (tertiary alicyclic amines) is 1. The van der Waals surface area contributed by atoms with Crippen LogP contribution in [0.1, 0.15) is 44.1 Å². The number of hydrazine groups is 1. The lowest BCUT2D eigenvalue weighted by molar-refractivity contribution is -0.132. The summed E-state index contributed by atoms with van der Waals surface area (Å²) >= 11 is 0. The minimum atomic E-state index is 0.0972. The standard InChI is InChI=1S/C22H34N4O2/c1-25(15-21-19-6-2-3-7-20(19)23-24-21)14-17-8-10-18(11-9-17)28-16-22(27)26-12-4-5-13-26/h8-11,19-21,23-24H,2-7,12-16H2,1H3. The first-order valence-corrected chi connectivity index (χ1v) is 10.9. The van der Waals surface area contributed by atoms with E-state index in [1.165, 1.54) is 31.2 Å². The number of benzene rings is 1. The van der Waals surface area contributed by atoms with E-state index >= 15 is 0 Å². The number of carbonyl (C=O) groups is 1. The van der Waals surface area contributed by atoms with Gasteiger partial charge in [0.2, 0.25) is 0 Å². The molecule has 2 aliphatic heterocycles. The Morgan fingerprint density at radius 1 is 1.11 bits per heavy atom. The molecule has 4 rings (SSSR count). The molecule has 1 aliphatic carbocycles. The fraction of sp³-hybridized carbons (Fsp3) is 0.682. The molecular formula is C22H34N4O2. The van der Waals surface area contributed by atoms with Crippen molar-refractivity contribution in [1.82, 2.24) is 20.7 Å². The monoisotopic (exact) mass is 386 g/mol. The first kappa shape index (κ1) is 19.7. The van der Waals surface area contributed by atoms with Gasteiger partial charge in [-0.1, -0.05) is 25.0 Å². The molecule has 3 atom stereocenters. The highest BCUT2D eigenvalue weighted by molar-refractivity contribution is 5.78. The maximum Gasteiger partial charge on any atom is 0.260 e. The summed E-state index contributed by atoms with van der Waals surface area (Å²) < 4.78 is 5.68. The van der Waals surface area contributed by atoms with Crippen LogP contribution in [0.4, 0.5) is 0 Å². The van der Waals surface area contributed by atoms with Crippen molar-refractivity contribution in [3.63, 3.8) is 0 Å². The molecule has 0 aromatic heterocycles. The Balaban J connectivity index is 1.22. The highest BCUT2D eigenvalue weighted by Gasteiger charge is 2.37. The predicted molar refractivity (Wildman–Crippen MR) is 110 cm³/mol. The molecule has 2 heterocycles. The fourth-order valence-corrected chi connectivity index (χ4v) is 4.93. The topological polar surface area (TPSA) is 56.8 Å². The molecular weight excluding hydrogens is 352 g/mol. The smallest absolute Gasteiger partial charge is 0.260 e. The van der Waals surface area contributed by atoms with E-state index < -0.39 is 0 Å². The van der Waals surface area contributed by atoms with E-state index in [9.17, 15) is 4.79 Å². The summed E-state index contributed by atoms with van der Waals surface area (Å²) in [4.78, 5) is 16.4. The van der Waals surface area contributed by atoms with Crippen molar-refractivity contribution in [3.05, 3.63) is 29.8 Å². The van der Waals surface area contributed by atoms with Gasteiger partial charge in [-0.25, -0.2) is 0 Å². The third kappa shape index (κ3) is 4.85. The minimum Gasteiger partial charge on any atom is -0.484 e. The van der Waals surface area contributed by atoms with E-state index in [1.807, 2.05) is 17.0 Å². The van der Waals surface area contributed by atoms with Gasteiger partial charge in [0.15, 0.2) is 6.61 Å². The summed E-state index contributed by atoms with van der Waals surface area (Å²) in [6.45, 7) is 3.86. The van der Waals surface area contributed by atoms with Gasteiger partial charge in [0.25, 0.3) is 5.91 Å². The molecule has 6 nitrogen and oxygen atoms in total. The van der Waals surface area contributed by atoms with E-state index in [2.05, 4.69) is 34.9 Å². The van der Waals surface area contributed by atoms with Crippen LogP contribution in [0, 0.1) is 5.92 Å². The van der Waals surface area contributed by atoms with Gasteiger partial charge in [-0.2, -0.15) is 0 Å². The van der Waals surface area contributed by atoms with Crippen molar-refractivity contribution in [2.45, 2.75) is 57.2 Å². The summed E-state index contributed by atoms with van der Waals surface area (Å²) in [5.74, 6) is 1.63. The summed E-state index contributed by atoms with van der Waals surface area (Å²) in [6, 6.07) is 9.37. The number of rotatable bonds is 7. The molecule has 2 N–H and O–H groups in total. The highest BCUT2D eigenvalue weighted by atomic mass is 16.5.